The van der Waals surface area contributed by atoms with Gasteiger partial charge in [0.15, 0.2) is 0 Å². The maximum Gasteiger partial charge on any atom is 0.243 e. The number of hydrogen-bond donors (Lipinski definition) is 0. The standard InChI is InChI=1S/C10H18FNO2S/c11-8-15(13,14)12-6-5-9-3-1-2-4-10(9)7-12/h9-10H,1-8H2. The molecule has 1 aliphatic heterocycles. The first kappa shape index (κ1) is 11.3. The molecule has 2 atom stereocenters. The number of piperidine rings is 1. The van der Waals surface area contributed by atoms with Crippen molar-refractivity contribution in [2.24, 2.45) is 11.8 Å². The summed E-state index contributed by atoms with van der Waals surface area (Å²) in [5.41, 5.74) is 0. The highest BCUT2D eigenvalue weighted by atomic mass is 32.2. The number of rotatable bonds is 2. The number of nitrogens with zero attached hydrogens (tertiary/aromatic N) is 1. The average molecular weight is 235 g/mol. The van der Waals surface area contributed by atoms with Crippen molar-refractivity contribution in [3.05, 3.63) is 0 Å². The summed E-state index contributed by atoms with van der Waals surface area (Å²) >= 11 is 0. The Labute approximate surface area is 90.7 Å². The highest BCUT2D eigenvalue weighted by molar-refractivity contribution is 7.88. The number of fused-ring (bicyclic) bond motifs is 1. The van der Waals surface area contributed by atoms with Crippen molar-refractivity contribution < 1.29 is 12.8 Å². The highest BCUT2D eigenvalue weighted by Crippen LogP contribution is 2.36. The van der Waals surface area contributed by atoms with Crippen molar-refractivity contribution in [1.82, 2.24) is 4.31 Å². The molecule has 2 unspecified atom stereocenters. The molecular weight excluding hydrogens is 217 g/mol. The maximum atomic E-state index is 12.3. The normalized spacial score (nSPS) is 33.7. The van der Waals surface area contributed by atoms with Crippen LogP contribution in [0.3, 0.4) is 0 Å². The second-order valence-electron chi connectivity index (χ2n) is 4.67. The molecule has 1 heterocycles. The summed E-state index contributed by atoms with van der Waals surface area (Å²) in [6.45, 7) is 1.07. The molecule has 0 amide bonds. The Morgan fingerprint density at radius 1 is 1.13 bits per heavy atom. The summed E-state index contributed by atoms with van der Waals surface area (Å²) in [6, 6.07) is -1.25. The van der Waals surface area contributed by atoms with E-state index in [9.17, 15) is 12.8 Å². The Kier molecular flexibility index (Phi) is 3.30. The van der Waals surface area contributed by atoms with Gasteiger partial charge in [-0.2, -0.15) is 4.31 Å². The predicted octanol–water partition coefficient (Wildman–Crippen LogP) is 1.76. The van der Waals surface area contributed by atoms with Gasteiger partial charge in [0.25, 0.3) is 0 Å². The Balaban J connectivity index is 2.02. The summed E-state index contributed by atoms with van der Waals surface area (Å²) in [4.78, 5) is 0. The highest BCUT2D eigenvalue weighted by Gasteiger charge is 2.35. The number of alkyl halides is 1. The Bertz CT molecular complexity index is 317. The van der Waals surface area contributed by atoms with Crippen LogP contribution in [0.2, 0.25) is 0 Å². The first-order chi connectivity index (χ1) is 7.13. The Morgan fingerprint density at radius 3 is 2.47 bits per heavy atom. The molecule has 0 aromatic heterocycles. The van der Waals surface area contributed by atoms with Crippen LogP contribution in [0.4, 0.5) is 4.39 Å². The molecule has 1 saturated carbocycles. The largest absolute Gasteiger partial charge is 0.243 e. The molecule has 3 nitrogen and oxygen atoms in total. The van der Waals surface area contributed by atoms with Crippen molar-refractivity contribution in [2.45, 2.75) is 32.1 Å². The second kappa shape index (κ2) is 4.37. The zero-order valence-electron chi connectivity index (χ0n) is 8.86. The molecule has 0 aromatic carbocycles. The van der Waals surface area contributed by atoms with E-state index in [1.807, 2.05) is 0 Å². The van der Waals surface area contributed by atoms with Gasteiger partial charge in [0.2, 0.25) is 16.0 Å². The minimum atomic E-state index is -3.61. The molecule has 0 spiro atoms. The molecule has 0 aromatic rings. The van der Waals surface area contributed by atoms with E-state index in [0.29, 0.717) is 24.9 Å². The van der Waals surface area contributed by atoms with Gasteiger partial charge < -0.3 is 0 Å². The third kappa shape index (κ3) is 2.33. The molecule has 0 radical (unpaired) electrons. The van der Waals surface area contributed by atoms with Crippen LogP contribution in [0.25, 0.3) is 0 Å². The van der Waals surface area contributed by atoms with E-state index in [0.717, 1.165) is 12.8 Å². The van der Waals surface area contributed by atoms with Crippen molar-refractivity contribution in [1.29, 1.82) is 0 Å². The van der Waals surface area contributed by atoms with Crippen LogP contribution in [-0.2, 0) is 10.0 Å². The lowest BCUT2D eigenvalue weighted by atomic mass is 9.76. The van der Waals surface area contributed by atoms with Crippen molar-refractivity contribution >= 4 is 10.0 Å². The average Bonchev–Trinajstić information content (AvgIpc) is 2.28. The molecule has 0 N–H and O–H groups in total. The summed E-state index contributed by atoms with van der Waals surface area (Å²) in [5, 5.41) is 0. The van der Waals surface area contributed by atoms with Crippen LogP contribution in [-0.4, -0.2) is 31.8 Å². The van der Waals surface area contributed by atoms with Crippen molar-refractivity contribution in [3.8, 4) is 0 Å². The van der Waals surface area contributed by atoms with Crippen molar-refractivity contribution in [2.75, 3.05) is 19.1 Å². The van der Waals surface area contributed by atoms with E-state index in [-0.39, 0.29) is 0 Å². The van der Waals surface area contributed by atoms with Gasteiger partial charge in [-0.25, -0.2) is 12.8 Å². The fraction of sp³-hybridized carbons (Fsp3) is 1.00. The van der Waals surface area contributed by atoms with E-state index in [4.69, 9.17) is 0 Å². The van der Waals surface area contributed by atoms with Crippen molar-refractivity contribution in [3.63, 3.8) is 0 Å². The second-order valence-corrected chi connectivity index (χ2v) is 6.57. The van der Waals surface area contributed by atoms with E-state index in [2.05, 4.69) is 0 Å². The van der Waals surface area contributed by atoms with Crippen LogP contribution in [0.5, 0.6) is 0 Å². The number of sulfonamides is 1. The first-order valence-electron chi connectivity index (χ1n) is 5.67. The van der Waals surface area contributed by atoms with Gasteiger partial charge in [0, 0.05) is 13.1 Å². The number of hydrogen-bond acceptors (Lipinski definition) is 2. The van der Waals surface area contributed by atoms with Gasteiger partial charge in [-0.05, 0) is 24.7 Å². The minimum absolute atomic E-state index is 0.480. The lowest BCUT2D eigenvalue weighted by molar-refractivity contribution is 0.135. The van der Waals surface area contributed by atoms with Crippen LogP contribution >= 0.6 is 0 Å². The van der Waals surface area contributed by atoms with E-state index in [1.165, 1.54) is 23.6 Å². The van der Waals surface area contributed by atoms with E-state index >= 15 is 0 Å². The molecule has 1 saturated heterocycles. The Hall–Kier alpha value is -0.160. The van der Waals surface area contributed by atoms with Gasteiger partial charge in [0.05, 0.1) is 0 Å². The fourth-order valence-corrected chi connectivity index (χ4v) is 3.83. The van der Waals surface area contributed by atoms with Gasteiger partial charge in [0.1, 0.15) is 0 Å². The zero-order valence-corrected chi connectivity index (χ0v) is 9.68. The number of halogens is 1. The topological polar surface area (TPSA) is 37.4 Å². The zero-order chi connectivity index (χ0) is 10.9. The van der Waals surface area contributed by atoms with Crippen LogP contribution in [0.1, 0.15) is 32.1 Å². The van der Waals surface area contributed by atoms with Gasteiger partial charge in [-0.1, -0.05) is 19.3 Å². The molecule has 5 heteroatoms. The molecular formula is C10H18FNO2S. The fourth-order valence-electron chi connectivity index (χ4n) is 2.89. The SMILES string of the molecule is O=S(=O)(CF)N1CCC2CCCCC2C1. The van der Waals surface area contributed by atoms with Crippen LogP contribution in [0, 0.1) is 11.8 Å². The summed E-state index contributed by atoms with van der Waals surface area (Å²) in [6.07, 6.45) is 5.74. The summed E-state index contributed by atoms with van der Waals surface area (Å²) in [5.74, 6) is 1.17. The van der Waals surface area contributed by atoms with E-state index in [1.54, 1.807) is 0 Å². The third-order valence-corrected chi connectivity index (χ3v) is 5.18. The summed E-state index contributed by atoms with van der Waals surface area (Å²) in [7, 11) is -3.61. The molecule has 88 valence electrons. The van der Waals surface area contributed by atoms with Crippen LogP contribution in [0.15, 0.2) is 0 Å². The predicted molar refractivity (Wildman–Crippen MR) is 56.5 cm³/mol. The molecule has 1 aliphatic carbocycles. The molecule has 2 rings (SSSR count). The maximum absolute atomic E-state index is 12.3. The lowest BCUT2D eigenvalue weighted by Crippen LogP contribution is -2.45. The molecule has 2 fully saturated rings. The van der Waals surface area contributed by atoms with E-state index < -0.39 is 16.0 Å². The van der Waals surface area contributed by atoms with Gasteiger partial charge in [-0.3, -0.25) is 0 Å². The molecule has 0 bridgehead atoms. The first-order valence-corrected chi connectivity index (χ1v) is 7.28. The monoisotopic (exact) mass is 235 g/mol. The van der Waals surface area contributed by atoms with Gasteiger partial charge in [-0.15, -0.1) is 0 Å². The minimum Gasteiger partial charge on any atom is -0.232 e. The lowest BCUT2D eigenvalue weighted by Gasteiger charge is -2.40. The molecule has 2 aliphatic rings. The third-order valence-electron chi connectivity index (χ3n) is 3.79. The quantitative estimate of drug-likeness (QED) is 0.731. The Morgan fingerprint density at radius 2 is 1.80 bits per heavy atom. The summed E-state index contributed by atoms with van der Waals surface area (Å²) < 4.78 is 36.5. The smallest absolute Gasteiger partial charge is 0.232 e. The van der Waals surface area contributed by atoms with Gasteiger partial charge >= 0.3 is 0 Å². The van der Waals surface area contributed by atoms with Crippen LogP contribution < -0.4 is 0 Å². The molecule has 15 heavy (non-hydrogen) atoms.